The van der Waals surface area contributed by atoms with Crippen LogP contribution in [0.15, 0.2) is 48.5 Å². The van der Waals surface area contributed by atoms with Crippen LogP contribution in [0.1, 0.15) is 36.7 Å². The highest BCUT2D eigenvalue weighted by Crippen LogP contribution is 2.29. The van der Waals surface area contributed by atoms with Crippen LogP contribution in [0.25, 0.3) is 0 Å². The average molecular weight is 339 g/mol. The molecule has 2 aromatic carbocycles. The second kappa shape index (κ2) is 7.17. The number of carbonyl (C=O) groups is 3. The van der Waals surface area contributed by atoms with E-state index >= 15 is 0 Å². The second-order valence-corrected chi connectivity index (χ2v) is 6.65. The Bertz CT molecular complexity index is 805. The molecule has 0 radical (unpaired) electrons. The highest BCUT2D eigenvalue weighted by molar-refractivity contribution is 6.42. The molecule has 130 valence electrons. The highest BCUT2D eigenvalue weighted by Gasteiger charge is 2.22. The Labute approximate surface area is 146 Å². The summed E-state index contributed by atoms with van der Waals surface area (Å²) in [5.41, 5.74) is 7.51. The van der Waals surface area contributed by atoms with Crippen molar-refractivity contribution in [3.63, 3.8) is 0 Å². The molecular formula is C19H21N3O3. The van der Waals surface area contributed by atoms with E-state index < -0.39 is 17.7 Å². The smallest absolute Gasteiger partial charge is 0.316 e. The van der Waals surface area contributed by atoms with Crippen molar-refractivity contribution in [3.05, 3.63) is 59.7 Å². The van der Waals surface area contributed by atoms with Crippen LogP contribution in [0.2, 0.25) is 0 Å². The molecule has 0 spiro atoms. The van der Waals surface area contributed by atoms with E-state index in [1.54, 1.807) is 24.3 Å². The highest BCUT2D eigenvalue weighted by atomic mass is 16.2. The van der Waals surface area contributed by atoms with E-state index in [0.717, 1.165) is 5.56 Å². The normalized spacial score (nSPS) is 10.8. The number of hydrogen-bond donors (Lipinski definition) is 3. The van der Waals surface area contributed by atoms with E-state index in [1.807, 2.05) is 32.9 Å². The molecule has 0 aliphatic heterocycles. The zero-order valence-corrected chi connectivity index (χ0v) is 14.4. The molecule has 0 aromatic heterocycles. The van der Waals surface area contributed by atoms with E-state index in [4.69, 9.17) is 5.73 Å². The van der Waals surface area contributed by atoms with Gasteiger partial charge in [0.1, 0.15) is 0 Å². The fraction of sp³-hybridized carbons (Fsp3) is 0.211. The van der Waals surface area contributed by atoms with Crippen molar-refractivity contribution >= 4 is 29.1 Å². The average Bonchev–Trinajstić information content (AvgIpc) is 2.54. The summed E-state index contributed by atoms with van der Waals surface area (Å²) in [6.45, 7) is 6.01. The number of anilines is 2. The number of hydrogen-bond acceptors (Lipinski definition) is 4. The predicted octanol–water partition coefficient (Wildman–Crippen LogP) is 2.46. The number of amides is 3. The maximum atomic E-state index is 12.1. The first-order chi connectivity index (χ1) is 11.7. The Hall–Kier alpha value is -3.15. The fourth-order valence-corrected chi connectivity index (χ4v) is 2.29. The molecule has 6 heteroatoms. The van der Waals surface area contributed by atoms with Gasteiger partial charge in [0.2, 0.25) is 0 Å². The molecule has 0 atom stereocenters. The van der Waals surface area contributed by atoms with E-state index in [-0.39, 0.29) is 11.0 Å². The summed E-state index contributed by atoms with van der Waals surface area (Å²) in [6, 6.07) is 13.3. The summed E-state index contributed by atoms with van der Waals surface area (Å²) in [4.78, 5) is 36.1. The van der Waals surface area contributed by atoms with Crippen LogP contribution < -0.4 is 16.4 Å². The first kappa shape index (κ1) is 18.2. The molecule has 0 aliphatic carbocycles. The van der Waals surface area contributed by atoms with E-state index in [0.29, 0.717) is 11.4 Å². The molecule has 2 aromatic rings. The van der Waals surface area contributed by atoms with Gasteiger partial charge in [-0.1, -0.05) is 39.0 Å². The van der Waals surface area contributed by atoms with Crippen molar-refractivity contribution in [1.82, 2.24) is 5.32 Å². The van der Waals surface area contributed by atoms with Crippen LogP contribution in [-0.4, -0.2) is 17.7 Å². The van der Waals surface area contributed by atoms with Crippen LogP contribution in [-0.2, 0) is 15.0 Å². The van der Waals surface area contributed by atoms with Gasteiger partial charge >= 0.3 is 11.8 Å². The van der Waals surface area contributed by atoms with E-state index in [9.17, 15) is 14.4 Å². The summed E-state index contributed by atoms with van der Waals surface area (Å²) in [6.07, 6.45) is 0. The molecule has 0 saturated heterocycles. The quantitative estimate of drug-likeness (QED) is 0.578. The maximum absolute atomic E-state index is 12.1. The molecule has 0 saturated carbocycles. The lowest BCUT2D eigenvalue weighted by Gasteiger charge is -2.22. The molecule has 0 aliphatic rings. The molecule has 0 heterocycles. The lowest BCUT2D eigenvalue weighted by molar-refractivity contribution is -0.135. The Balaban J connectivity index is 2.08. The van der Waals surface area contributed by atoms with Crippen molar-refractivity contribution in [2.75, 3.05) is 11.1 Å². The molecule has 2 rings (SSSR count). The Morgan fingerprint density at radius 2 is 1.48 bits per heavy atom. The summed E-state index contributed by atoms with van der Waals surface area (Å²) in [7, 11) is 0. The monoisotopic (exact) mass is 339 g/mol. The number of nitrogens with two attached hydrogens (primary N) is 1. The first-order valence-electron chi connectivity index (χ1n) is 7.80. The van der Waals surface area contributed by atoms with Crippen molar-refractivity contribution in [1.29, 1.82) is 0 Å². The molecule has 3 amide bonds. The van der Waals surface area contributed by atoms with Gasteiger partial charge in [-0.2, -0.15) is 0 Å². The molecule has 0 fully saturated rings. The minimum absolute atomic E-state index is 0.208. The van der Waals surface area contributed by atoms with Crippen LogP contribution in [0.3, 0.4) is 0 Å². The number of imide groups is 1. The van der Waals surface area contributed by atoms with Gasteiger partial charge in [0.25, 0.3) is 5.91 Å². The zero-order valence-electron chi connectivity index (χ0n) is 14.4. The van der Waals surface area contributed by atoms with Crippen LogP contribution in [0.5, 0.6) is 0 Å². The van der Waals surface area contributed by atoms with Crippen molar-refractivity contribution in [2.24, 2.45) is 0 Å². The van der Waals surface area contributed by atoms with Crippen LogP contribution in [0, 0.1) is 0 Å². The van der Waals surface area contributed by atoms with Gasteiger partial charge in [0.05, 0.1) is 0 Å². The molecule has 25 heavy (non-hydrogen) atoms. The number of rotatable bonds is 2. The Morgan fingerprint density at radius 1 is 0.880 bits per heavy atom. The SMILES string of the molecule is CC(C)(C)c1ccccc1NC(=O)C(=O)NC(=O)c1ccc(N)cc1. The topological polar surface area (TPSA) is 101 Å². The van der Waals surface area contributed by atoms with Crippen molar-refractivity contribution < 1.29 is 14.4 Å². The van der Waals surface area contributed by atoms with Crippen molar-refractivity contribution in [2.45, 2.75) is 26.2 Å². The van der Waals surface area contributed by atoms with Gasteiger partial charge in [-0.05, 0) is 41.3 Å². The van der Waals surface area contributed by atoms with Crippen LogP contribution in [0.4, 0.5) is 11.4 Å². The minimum Gasteiger partial charge on any atom is -0.399 e. The van der Waals surface area contributed by atoms with Crippen LogP contribution >= 0.6 is 0 Å². The number of benzene rings is 2. The third kappa shape index (κ3) is 4.67. The van der Waals surface area contributed by atoms with Gasteiger partial charge in [-0.15, -0.1) is 0 Å². The summed E-state index contributed by atoms with van der Waals surface area (Å²) < 4.78 is 0. The minimum atomic E-state index is -1.02. The summed E-state index contributed by atoms with van der Waals surface area (Å²) in [5, 5.41) is 4.62. The van der Waals surface area contributed by atoms with E-state index in [2.05, 4.69) is 10.6 Å². The number of nitrogen functional groups attached to an aromatic ring is 1. The number of nitrogens with one attached hydrogen (secondary N) is 2. The first-order valence-corrected chi connectivity index (χ1v) is 7.80. The molecule has 0 bridgehead atoms. The second-order valence-electron chi connectivity index (χ2n) is 6.65. The number of carbonyl (C=O) groups excluding carboxylic acids is 3. The Morgan fingerprint density at radius 3 is 2.08 bits per heavy atom. The fourth-order valence-electron chi connectivity index (χ4n) is 2.29. The predicted molar refractivity (Wildman–Crippen MR) is 97.1 cm³/mol. The molecule has 4 N–H and O–H groups in total. The standard InChI is InChI=1S/C19H21N3O3/c1-19(2,3)14-6-4-5-7-15(14)21-17(24)18(25)22-16(23)12-8-10-13(20)11-9-12/h4-11H,20H2,1-3H3,(H,21,24)(H,22,23,25). The lowest BCUT2D eigenvalue weighted by Crippen LogP contribution is -2.39. The summed E-state index contributed by atoms with van der Waals surface area (Å²) in [5.74, 6) is -2.59. The molecule has 0 unspecified atom stereocenters. The van der Waals surface area contributed by atoms with E-state index in [1.165, 1.54) is 12.1 Å². The summed E-state index contributed by atoms with van der Waals surface area (Å²) >= 11 is 0. The molecule has 6 nitrogen and oxygen atoms in total. The lowest BCUT2D eigenvalue weighted by atomic mass is 9.86. The van der Waals surface area contributed by atoms with Crippen molar-refractivity contribution in [3.8, 4) is 0 Å². The number of para-hydroxylation sites is 1. The van der Waals surface area contributed by atoms with Gasteiger partial charge in [0, 0.05) is 16.9 Å². The Kier molecular flexibility index (Phi) is 5.22. The third-order valence-electron chi connectivity index (χ3n) is 3.59. The third-order valence-corrected chi connectivity index (χ3v) is 3.59. The van der Waals surface area contributed by atoms with Gasteiger partial charge < -0.3 is 11.1 Å². The van der Waals surface area contributed by atoms with Gasteiger partial charge in [0.15, 0.2) is 0 Å². The zero-order chi connectivity index (χ0) is 18.6. The van der Waals surface area contributed by atoms with Gasteiger partial charge in [-0.3, -0.25) is 19.7 Å². The maximum Gasteiger partial charge on any atom is 0.316 e. The molecular weight excluding hydrogens is 318 g/mol. The van der Waals surface area contributed by atoms with Gasteiger partial charge in [-0.25, -0.2) is 0 Å². The largest absolute Gasteiger partial charge is 0.399 e.